The molecule has 0 bridgehead atoms. The molecule has 22 heavy (non-hydrogen) atoms. The molecule has 0 spiro atoms. The first-order valence-electron chi connectivity index (χ1n) is 8.25. The van der Waals surface area contributed by atoms with Gasteiger partial charge in [0, 0.05) is 36.6 Å². The Labute approximate surface area is 137 Å². The molecule has 0 radical (unpaired) electrons. The Morgan fingerprint density at radius 2 is 2.18 bits per heavy atom. The van der Waals surface area contributed by atoms with E-state index in [9.17, 15) is 0 Å². The lowest BCUT2D eigenvalue weighted by Gasteiger charge is -2.28. The molecule has 1 fully saturated rings. The summed E-state index contributed by atoms with van der Waals surface area (Å²) in [5.74, 6) is 3.15. The van der Waals surface area contributed by atoms with E-state index in [0.29, 0.717) is 24.1 Å². The van der Waals surface area contributed by atoms with Crippen LogP contribution in [0.4, 0.5) is 0 Å². The second-order valence-corrected chi connectivity index (χ2v) is 8.82. The number of fused-ring (bicyclic) bond motifs is 1. The van der Waals surface area contributed by atoms with Crippen molar-refractivity contribution >= 4 is 11.8 Å². The van der Waals surface area contributed by atoms with Gasteiger partial charge in [0.2, 0.25) is 0 Å². The lowest BCUT2D eigenvalue weighted by molar-refractivity contribution is 0.177. The largest absolute Gasteiger partial charge is 0.377 e. The van der Waals surface area contributed by atoms with E-state index in [1.165, 1.54) is 12.2 Å². The van der Waals surface area contributed by atoms with Gasteiger partial charge in [-0.05, 0) is 18.3 Å². The highest BCUT2D eigenvalue weighted by Crippen LogP contribution is 2.39. The average molecular weight is 324 g/mol. The molecular formula is C16H28N4OS. The van der Waals surface area contributed by atoms with E-state index in [1.54, 1.807) is 7.11 Å². The molecule has 0 aromatic carbocycles. The summed E-state index contributed by atoms with van der Waals surface area (Å²) in [6.45, 7) is 8.50. The third kappa shape index (κ3) is 3.66. The van der Waals surface area contributed by atoms with Crippen molar-refractivity contribution in [1.82, 2.24) is 20.1 Å². The summed E-state index contributed by atoms with van der Waals surface area (Å²) in [4.78, 5) is 4.55. The Morgan fingerprint density at radius 1 is 1.36 bits per heavy atom. The lowest BCUT2D eigenvalue weighted by atomic mass is 9.88. The Kier molecular flexibility index (Phi) is 4.80. The standard InChI is InChI=1S/C16H28N4OS/c1-16(2,3)13-7-12(10-22-13)17-11-5-6-15-18-14(9-21-4)19-20(15)8-11/h11-13,17H,5-10H2,1-4H3. The molecule has 3 rings (SSSR count). The van der Waals surface area contributed by atoms with Gasteiger partial charge < -0.3 is 10.1 Å². The Hall–Kier alpha value is -0.590. The molecule has 5 nitrogen and oxygen atoms in total. The van der Waals surface area contributed by atoms with Crippen LogP contribution in [0.25, 0.3) is 0 Å². The first kappa shape index (κ1) is 16.3. The van der Waals surface area contributed by atoms with Gasteiger partial charge in [-0.25, -0.2) is 9.67 Å². The fourth-order valence-electron chi connectivity index (χ4n) is 3.37. The van der Waals surface area contributed by atoms with Crippen LogP contribution in [0.2, 0.25) is 0 Å². The molecule has 6 heteroatoms. The third-order valence-corrected chi connectivity index (χ3v) is 6.51. The highest BCUT2D eigenvalue weighted by molar-refractivity contribution is 8.00. The van der Waals surface area contributed by atoms with Gasteiger partial charge in [0.15, 0.2) is 5.82 Å². The molecular weight excluding hydrogens is 296 g/mol. The molecule has 0 saturated carbocycles. The van der Waals surface area contributed by atoms with Crippen LogP contribution in [0.15, 0.2) is 0 Å². The second kappa shape index (κ2) is 6.49. The van der Waals surface area contributed by atoms with Crippen molar-refractivity contribution in [1.29, 1.82) is 0 Å². The van der Waals surface area contributed by atoms with Crippen molar-refractivity contribution in [2.45, 2.75) is 70.5 Å². The van der Waals surface area contributed by atoms with Crippen LogP contribution in [0.5, 0.6) is 0 Å². The number of aryl methyl sites for hydroxylation is 1. The maximum Gasteiger partial charge on any atom is 0.176 e. The number of methoxy groups -OCH3 is 1. The summed E-state index contributed by atoms with van der Waals surface area (Å²) >= 11 is 2.13. The van der Waals surface area contributed by atoms with Gasteiger partial charge in [-0.15, -0.1) is 0 Å². The quantitative estimate of drug-likeness (QED) is 0.920. The monoisotopic (exact) mass is 324 g/mol. The number of ether oxygens (including phenoxy) is 1. The topological polar surface area (TPSA) is 52.0 Å². The fraction of sp³-hybridized carbons (Fsp3) is 0.875. The maximum absolute atomic E-state index is 5.13. The van der Waals surface area contributed by atoms with Crippen LogP contribution < -0.4 is 5.32 Å². The molecule has 3 heterocycles. The zero-order chi connectivity index (χ0) is 15.7. The van der Waals surface area contributed by atoms with Crippen LogP contribution in [0.3, 0.4) is 0 Å². The first-order chi connectivity index (χ1) is 10.5. The van der Waals surface area contributed by atoms with E-state index in [4.69, 9.17) is 4.74 Å². The summed E-state index contributed by atoms with van der Waals surface area (Å²) in [5.41, 5.74) is 0.405. The van der Waals surface area contributed by atoms with Gasteiger partial charge in [0.1, 0.15) is 12.4 Å². The zero-order valence-corrected chi connectivity index (χ0v) is 14.9. The molecule has 2 aliphatic rings. The van der Waals surface area contributed by atoms with E-state index < -0.39 is 0 Å². The Morgan fingerprint density at radius 3 is 2.86 bits per heavy atom. The minimum Gasteiger partial charge on any atom is -0.377 e. The van der Waals surface area contributed by atoms with Crippen LogP contribution in [-0.4, -0.2) is 45.0 Å². The fourth-order valence-corrected chi connectivity index (χ4v) is 4.93. The van der Waals surface area contributed by atoms with Crippen LogP contribution in [-0.2, 0) is 24.3 Å². The zero-order valence-electron chi connectivity index (χ0n) is 14.1. The van der Waals surface area contributed by atoms with Crippen molar-refractivity contribution in [2.75, 3.05) is 12.9 Å². The number of nitrogens with one attached hydrogen (secondary N) is 1. The van der Waals surface area contributed by atoms with Gasteiger partial charge in [0.05, 0.1) is 6.54 Å². The molecule has 3 unspecified atom stereocenters. The first-order valence-corrected chi connectivity index (χ1v) is 9.30. The smallest absolute Gasteiger partial charge is 0.176 e. The summed E-state index contributed by atoms with van der Waals surface area (Å²) < 4.78 is 7.20. The van der Waals surface area contributed by atoms with E-state index in [-0.39, 0.29) is 0 Å². The number of hydrogen-bond donors (Lipinski definition) is 1. The van der Waals surface area contributed by atoms with Crippen molar-refractivity contribution in [3.05, 3.63) is 11.6 Å². The maximum atomic E-state index is 5.13. The van der Waals surface area contributed by atoms with E-state index in [2.05, 4.69) is 52.6 Å². The minimum atomic E-state index is 0.405. The van der Waals surface area contributed by atoms with Gasteiger partial charge in [-0.3, -0.25) is 0 Å². The lowest BCUT2D eigenvalue weighted by Crippen LogP contribution is -2.44. The minimum absolute atomic E-state index is 0.405. The predicted molar refractivity (Wildman–Crippen MR) is 90.1 cm³/mol. The normalized spacial score (nSPS) is 28.8. The van der Waals surface area contributed by atoms with Gasteiger partial charge in [0.25, 0.3) is 0 Å². The molecule has 1 aromatic heterocycles. The van der Waals surface area contributed by atoms with E-state index in [1.807, 2.05) is 0 Å². The molecule has 0 aliphatic carbocycles. The highest BCUT2D eigenvalue weighted by atomic mass is 32.2. The molecule has 1 N–H and O–H groups in total. The molecule has 3 atom stereocenters. The number of nitrogens with zero attached hydrogens (tertiary/aromatic N) is 3. The Balaban J connectivity index is 1.55. The van der Waals surface area contributed by atoms with E-state index in [0.717, 1.165) is 36.3 Å². The molecule has 124 valence electrons. The molecule has 2 aliphatic heterocycles. The summed E-state index contributed by atoms with van der Waals surface area (Å²) in [7, 11) is 1.69. The van der Waals surface area contributed by atoms with Gasteiger partial charge in [-0.2, -0.15) is 16.9 Å². The summed E-state index contributed by atoms with van der Waals surface area (Å²) in [6, 6.07) is 1.16. The molecule has 1 saturated heterocycles. The number of hydrogen-bond acceptors (Lipinski definition) is 5. The van der Waals surface area contributed by atoms with Crippen LogP contribution in [0.1, 0.15) is 45.3 Å². The van der Waals surface area contributed by atoms with Crippen LogP contribution in [0, 0.1) is 5.41 Å². The third-order valence-electron chi connectivity index (χ3n) is 4.61. The van der Waals surface area contributed by atoms with Crippen molar-refractivity contribution in [3.8, 4) is 0 Å². The predicted octanol–water partition coefficient (Wildman–Crippen LogP) is 2.25. The highest BCUT2D eigenvalue weighted by Gasteiger charge is 2.35. The molecule has 1 aromatic rings. The summed E-state index contributed by atoms with van der Waals surface area (Å²) in [6.07, 6.45) is 3.45. The van der Waals surface area contributed by atoms with Crippen molar-refractivity contribution in [3.63, 3.8) is 0 Å². The van der Waals surface area contributed by atoms with Crippen LogP contribution >= 0.6 is 11.8 Å². The van der Waals surface area contributed by atoms with Gasteiger partial charge in [-0.1, -0.05) is 20.8 Å². The number of thioether (sulfide) groups is 1. The number of aromatic nitrogens is 3. The van der Waals surface area contributed by atoms with Crippen molar-refractivity contribution in [2.24, 2.45) is 5.41 Å². The summed E-state index contributed by atoms with van der Waals surface area (Å²) in [5, 5.41) is 9.18. The van der Waals surface area contributed by atoms with E-state index >= 15 is 0 Å². The molecule has 0 amide bonds. The second-order valence-electron chi connectivity index (χ2n) is 7.58. The van der Waals surface area contributed by atoms with Gasteiger partial charge >= 0.3 is 0 Å². The Bertz CT molecular complexity index is 511. The average Bonchev–Trinajstić information content (AvgIpc) is 3.04. The van der Waals surface area contributed by atoms with Crippen molar-refractivity contribution < 1.29 is 4.74 Å². The number of rotatable bonds is 4. The SMILES string of the molecule is COCc1nc2n(n1)CC(NC1CSC(C(C)(C)C)C1)CC2.